The molecule has 0 unspecified atom stereocenters. The lowest BCUT2D eigenvalue weighted by molar-refractivity contribution is 0.392. The number of aromatic nitrogens is 4. The summed E-state index contributed by atoms with van der Waals surface area (Å²) in [4.78, 5) is 12.9. The van der Waals surface area contributed by atoms with Gasteiger partial charge >= 0.3 is 0 Å². The summed E-state index contributed by atoms with van der Waals surface area (Å²) >= 11 is 0. The number of nitrogens with one attached hydrogen (secondary N) is 2. The Labute approximate surface area is 152 Å². The van der Waals surface area contributed by atoms with Crippen LogP contribution in [0.15, 0.2) is 29.6 Å². The van der Waals surface area contributed by atoms with Crippen molar-refractivity contribution in [1.29, 1.82) is 0 Å². The van der Waals surface area contributed by atoms with E-state index in [2.05, 4.69) is 30.7 Å². The van der Waals surface area contributed by atoms with Gasteiger partial charge in [-0.1, -0.05) is 6.07 Å². The van der Waals surface area contributed by atoms with Gasteiger partial charge in [0.2, 0.25) is 5.88 Å². The Morgan fingerprint density at radius 3 is 2.83 bits per heavy atom. The number of methoxy groups -OCH3 is 1. The Bertz CT molecular complexity index is 629. The van der Waals surface area contributed by atoms with Crippen molar-refractivity contribution in [1.82, 2.24) is 30.4 Å². The summed E-state index contributed by atoms with van der Waals surface area (Å²) in [7, 11) is 3.46. The second-order valence-corrected chi connectivity index (χ2v) is 4.52. The van der Waals surface area contributed by atoms with Gasteiger partial charge in [0.15, 0.2) is 5.96 Å². The molecule has 2 rings (SSSR count). The number of halogens is 1. The second kappa shape index (κ2) is 9.98. The van der Waals surface area contributed by atoms with Gasteiger partial charge in [-0.15, -0.1) is 24.0 Å². The molecule has 0 amide bonds. The van der Waals surface area contributed by atoms with Gasteiger partial charge in [0, 0.05) is 25.4 Å². The third-order valence-corrected chi connectivity index (χ3v) is 3.01. The van der Waals surface area contributed by atoms with Gasteiger partial charge in [0.05, 0.1) is 20.2 Å². The molecule has 2 aromatic rings. The molecular formula is C14H22IN7O. The average Bonchev–Trinajstić information content (AvgIpc) is 2.95. The SMILES string of the molecule is CCNC(=NCc1cccnc1OC)NCc1ncnn1C.I. The third kappa shape index (κ3) is 5.66. The molecule has 0 aliphatic carbocycles. The molecule has 0 saturated carbocycles. The van der Waals surface area contributed by atoms with Gasteiger partial charge in [-0.05, 0) is 13.0 Å². The minimum atomic E-state index is 0. The minimum absolute atomic E-state index is 0. The van der Waals surface area contributed by atoms with Crippen molar-refractivity contribution < 1.29 is 4.74 Å². The zero-order chi connectivity index (χ0) is 15.8. The fourth-order valence-corrected chi connectivity index (χ4v) is 1.88. The lowest BCUT2D eigenvalue weighted by atomic mass is 10.3. The van der Waals surface area contributed by atoms with Crippen LogP contribution >= 0.6 is 24.0 Å². The molecule has 9 heteroatoms. The van der Waals surface area contributed by atoms with Gasteiger partial charge in [-0.25, -0.2) is 15.0 Å². The van der Waals surface area contributed by atoms with E-state index in [9.17, 15) is 0 Å². The van der Waals surface area contributed by atoms with Crippen molar-refractivity contribution in [3.63, 3.8) is 0 Å². The molecule has 0 atom stereocenters. The predicted molar refractivity (Wildman–Crippen MR) is 98.9 cm³/mol. The van der Waals surface area contributed by atoms with Crippen LogP contribution in [0.3, 0.4) is 0 Å². The lowest BCUT2D eigenvalue weighted by Gasteiger charge is -2.11. The molecule has 23 heavy (non-hydrogen) atoms. The summed E-state index contributed by atoms with van der Waals surface area (Å²) < 4.78 is 6.95. The van der Waals surface area contributed by atoms with Crippen molar-refractivity contribution in [2.45, 2.75) is 20.0 Å². The highest BCUT2D eigenvalue weighted by Crippen LogP contribution is 2.14. The molecule has 2 N–H and O–H groups in total. The first-order chi connectivity index (χ1) is 10.7. The Hall–Kier alpha value is -1.91. The van der Waals surface area contributed by atoms with Crippen LogP contribution in [0.25, 0.3) is 0 Å². The molecule has 0 bridgehead atoms. The maximum atomic E-state index is 5.23. The number of aryl methyl sites for hydroxylation is 1. The monoisotopic (exact) mass is 431 g/mol. The van der Waals surface area contributed by atoms with E-state index in [4.69, 9.17) is 4.74 Å². The van der Waals surface area contributed by atoms with E-state index < -0.39 is 0 Å². The number of guanidine groups is 1. The van der Waals surface area contributed by atoms with Crippen LogP contribution < -0.4 is 15.4 Å². The molecule has 126 valence electrons. The maximum absolute atomic E-state index is 5.23. The number of hydrogen-bond donors (Lipinski definition) is 2. The van der Waals surface area contributed by atoms with Crippen LogP contribution in [0.2, 0.25) is 0 Å². The summed E-state index contributed by atoms with van der Waals surface area (Å²) in [5, 5.41) is 10.5. The molecule has 0 aliphatic heterocycles. The van der Waals surface area contributed by atoms with E-state index in [1.165, 1.54) is 6.33 Å². The van der Waals surface area contributed by atoms with Crippen LogP contribution in [-0.2, 0) is 20.1 Å². The molecule has 0 spiro atoms. The highest BCUT2D eigenvalue weighted by molar-refractivity contribution is 14.0. The third-order valence-electron chi connectivity index (χ3n) is 3.01. The molecule has 0 aliphatic rings. The van der Waals surface area contributed by atoms with Crippen LogP contribution in [0.1, 0.15) is 18.3 Å². The highest BCUT2D eigenvalue weighted by atomic mass is 127. The van der Waals surface area contributed by atoms with Crippen LogP contribution in [0.4, 0.5) is 0 Å². The summed E-state index contributed by atoms with van der Waals surface area (Å²) in [6, 6.07) is 3.81. The highest BCUT2D eigenvalue weighted by Gasteiger charge is 2.05. The molecule has 0 radical (unpaired) electrons. The minimum Gasteiger partial charge on any atom is -0.481 e. The van der Waals surface area contributed by atoms with Gasteiger partial charge < -0.3 is 15.4 Å². The molecule has 2 heterocycles. The quantitative estimate of drug-likeness (QED) is 0.405. The van der Waals surface area contributed by atoms with Gasteiger partial charge in [0.1, 0.15) is 12.2 Å². The number of pyridine rings is 1. The Morgan fingerprint density at radius 2 is 2.17 bits per heavy atom. The average molecular weight is 431 g/mol. The summed E-state index contributed by atoms with van der Waals surface area (Å²) in [6.07, 6.45) is 3.23. The van der Waals surface area contributed by atoms with E-state index in [-0.39, 0.29) is 24.0 Å². The lowest BCUT2D eigenvalue weighted by Crippen LogP contribution is -2.37. The first kappa shape index (κ1) is 19.1. The number of ether oxygens (including phenoxy) is 1. The molecule has 2 aromatic heterocycles. The van der Waals surface area contributed by atoms with Crippen LogP contribution in [0.5, 0.6) is 5.88 Å². The number of aliphatic imine (C=N–C) groups is 1. The van der Waals surface area contributed by atoms with E-state index in [1.807, 2.05) is 26.1 Å². The molecule has 0 aromatic carbocycles. The summed E-state index contributed by atoms with van der Waals surface area (Å²) in [6.45, 7) is 3.82. The van der Waals surface area contributed by atoms with Crippen molar-refractivity contribution >= 4 is 29.9 Å². The molecule has 8 nitrogen and oxygen atoms in total. The fourth-order valence-electron chi connectivity index (χ4n) is 1.88. The first-order valence-corrected chi connectivity index (χ1v) is 7.07. The van der Waals surface area contributed by atoms with E-state index >= 15 is 0 Å². The molecular weight excluding hydrogens is 409 g/mol. The van der Waals surface area contributed by atoms with Gasteiger partial charge in [-0.2, -0.15) is 5.10 Å². The Kier molecular flexibility index (Phi) is 8.30. The summed E-state index contributed by atoms with van der Waals surface area (Å²) in [5.74, 6) is 2.14. The second-order valence-electron chi connectivity index (χ2n) is 4.52. The first-order valence-electron chi connectivity index (χ1n) is 7.07. The largest absolute Gasteiger partial charge is 0.481 e. The summed E-state index contributed by atoms with van der Waals surface area (Å²) in [5.41, 5.74) is 0.931. The fraction of sp³-hybridized carbons (Fsp3) is 0.429. The smallest absolute Gasteiger partial charge is 0.218 e. The predicted octanol–water partition coefficient (Wildman–Crippen LogP) is 1.09. The normalized spacial score (nSPS) is 10.8. The standard InChI is InChI=1S/C14H21N7O.HI/c1-4-15-14(18-9-12-19-10-20-21(12)2)17-8-11-6-5-7-16-13(11)22-3;/h5-7,10H,4,8-9H2,1-3H3,(H2,15,17,18);1H. The Balaban J connectivity index is 0.00000264. The number of hydrogen-bond acceptors (Lipinski definition) is 5. The van der Waals surface area contributed by atoms with Crippen molar-refractivity contribution in [2.75, 3.05) is 13.7 Å². The topological polar surface area (TPSA) is 89.2 Å². The van der Waals surface area contributed by atoms with Crippen molar-refractivity contribution in [3.05, 3.63) is 36.0 Å². The molecule has 0 saturated heterocycles. The van der Waals surface area contributed by atoms with E-state index in [0.717, 1.165) is 17.9 Å². The van der Waals surface area contributed by atoms with Crippen LogP contribution in [-0.4, -0.2) is 39.4 Å². The van der Waals surface area contributed by atoms with Crippen LogP contribution in [0, 0.1) is 0 Å². The number of rotatable bonds is 6. The van der Waals surface area contributed by atoms with Gasteiger partial charge in [0.25, 0.3) is 0 Å². The zero-order valence-electron chi connectivity index (χ0n) is 13.5. The Morgan fingerprint density at radius 1 is 1.35 bits per heavy atom. The van der Waals surface area contributed by atoms with E-state index in [1.54, 1.807) is 18.0 Å². The molecule has 0 fully saturated rings. The van der Waals surface area contributed by atoms with E-state index in [0.29, 0.717) is 24.9 Å². The van der Waals surface area contributed by atoms with Crippen molar-refractivity contribution in [2.24, 2.45) is 12.0 Å². The number of nitrogens with zero attached hydrogens (tertiary/aromatic N) is 5. The van der Waals surface area contributed by atoms with Crippen molar-refractivity contribution in [3.8, 4) is 5.88 Å². The zero-order valence-corrected chi connectivity index (χ0v) is 15.8. The van der Waals surface area contributed by atoms with Gasteiger partial charge in [-0.3, -0.25) is 4.68 Å². The maximum Gasteiger partial charge on any atom is 0.218 e.